The first-order valence-corrected chi connectivity index (χ1v) is 9.70. The number of benzene rings is 1. The van der Waals surface area contributed by atoms with Crippen molar-refractivity contribution in [1.82, 2.24) is 4.90 Å². The number of nitrogens with zero attached hydrogens (tertiary/aromatic N) is 1. The number of carbonyl (C=O) groups excluding carboxylic acids is 1. The zero-order valence-corrected chi connectivity index (χ0v) is 13.7. The number of ether oxygens (including phenoxy) is 1. The monoisotopic (exact) mass is 329 g/mol. The third-order valence-corrected chi connectivity index (χ3v) is 6.11. The van der Waals surface area contributed by atoms with Gasteiger partial charge in [0, 0.05) is 29.9 Å². The van der Waals surface area contributed by atoms with Crippen LogP contribution in [-0.4, -0.2) is 62.4 Å². The van der Waals surface area contributed by atoms with Crippen molar-refractivity contribution in [1.29, 1.82) is 0 Å². The van der Waals surface area contributed by atoms with Gasteiger partial charge in [-0.25, -0.2) is 8.42 Å². The van der Waals surface area contributed by atoms with Gasteiger partial charge in [0.15, 0.2) is 15.6 Å². The summed E-state index contributed by atoms with van der Waals surface area (Å²) in [5, 5.41) is -0.578. The Hall–Kier alpha value is -1.05. The summed E-state index contributed by atoms with van der Waals surface area (Å²) in [6.45, 7) is 0.726. The van der Waals surface area contributed by atoms with Crippen molar-refractivity contribution < 1.29 is 17.9 Å². The Kier molecular flexibility index (Phi) is 5.29. The minimum atomic E-state index is -3.19. The van der Waals surface area contributed by atoms with Crippen LogP contribution in [0.4, 0.5) is 0 Å². The average molecular weight is 329 g/mol. The van der Waals surface area contributed by atoms with E-state index in [0.29, 0.717) is 23.6 Å². The number of Topliss-reactive ketones (excluding diaryl/α,β-unsaturated/α-hetero) is 1. The predicted molar refractivity (Wildman–Crippen MR) is 84.9 cm³/mol. The molecule has 1 unspecified atom stereocenters. The van der Waals surface area contributed by atoms with E-state index < -0.39 is 15.2 Å². The normalized spacial score (nSPS) is 20.2. The van der Waals surface area contributed by atoms with Crippen molar-refractivity contribution >= 4 is 27.4 Å². The van der Waals surface area contributed by atoms with Crippen molar-refractivity contribution in [3.8, 4) is 5.75 Å². The highest BCUT2D eigenvalue weighted by atomic mass is 32.2. The Labute approximate surface area is 129 Å². The molecule has 0 aromatic heterocycles. The maximum atomic E-state index is 12.4. The molecule has 5 nitrogen and oxygen atoms in total. The lowest BCUT2D eigenvalue weighted by molar-refractivity contribution is 0.0928. The van der Waals surface area contributed by atoms with Gasteiger partial charge in [0.1, 0.15) is 11.1 Å². The van der Waals surface area contributed by atoms with E-state index in [0.717, 1.165) is 5.75 Å². The summed E-state index contributed by atoms with van der Waals surface area (Å²) in [4.78, 5) is 14.1. The summed E-state index contributed by atoms with van der Waals surface area (Å²) in [7, 11) is -1.64. The van der Waals surface area contributed by atoms with Crippen LogP contribution in [0.3, 0.4) is 0 Å². The summed E-state index contributed by atoms with van der Waals surface area (Å²) in [5.41, 5.74) is 0.542. The fourth-order valence-electron chi connectivity index (χ4n) is 2.26. The highest BCUT2D eigenvalue weighted by Gasteiger charge is 2.32. The third-order valence-electron chi connectivity index (χ3n) is 3.42. The Bertz CT molecular complexity index is 615. The predicted octanol–water partition coefficient (Wildman–Crippen LogP) is 1.30. The Morgan fingerprint density at radius 3 is 2.90 bits per heavy atom. The van der Waals surface area contributed by atoms with Gasteiger partial charge < -0.3 is 4.74 Å². The van der Waals surface area contributed by atoms with Gasteiger partial charge in [-0.3, -0.25) is 9.69 Å². The zero-order valence-electron chi connectivity index (χ0n) is 12.1. The molecular formula is C14H19NO4S2. The second kappa shape index (κ2) is 6.81. The molecule has 0 radical (unpaired) electrons. The fraction of sp³-hybridized carbons (Fsp3) is 0.500. The maximum Gasteiger partial charge on any atom is 0.176 e. The van der Waals surface area contributed by atoms with Crippen molar-refractivity contribution in [2.75, 3.05) is 38.0 Å². The lowest BCUT2D eigenvalue weighted by Gasteiger charge is -2.33. The number of sulfone groups is 1. The summed E-state index contributed by atoms with van der Waals surface area (Å²) in [6, 6.07) is 6.93. The molecule has 1 aliphatic heterocycles. The van der Waals surface area contributed by atoms with Gasteiger partial charge >= 0.3 is 0 Å². The Morgan fingerprint density at radius 2 is 2.24 bits per heavy atom. The van der Waals surface area contributed by atoms with E-state index in [-0.39, 0.29) is 12.3 Å². The van der Waals surface area contributed by atoms with Crippen LogP contribution in [0.1, 0.15) is 10.4 Å². The second-order valence-electron chi connectivity index (χ2n) is 4.98. The van der Waals surface area contributed by atoms with E-state index >= 15 is 0 Å². The Morgan fingerprint density at radius 1 is 1.48 bits per heavy atom. The van der Waals surface area contributed by atoms with Crippen molar-refractivity contribution in [3.05, 3.63) is 29.8 Å². The lowest BCUT2D eigenvalue weighted by atomic mass is 10.1. The molecule has 0 amide bonds. The SMILES string of the molecule is COc1cccc(C(=O)CN2CCSCC2S(C)(=O)=O)c1. The van der Waals surface area contributed by atoms with Crippen LogP contribution in [0.15, 0.2) is 24.3 Å². The smallest absolute Gasteiger partial charge is 0.176 e. The van der Waals surface area contributed by atoms with Crippen LogP contribution in [0.25, 0.3) is 0 Å². The fourth-order valence-corrected chi connectivity index (χ4v) is 5.20. The quantitative estimate of drug-likeness (QED) is 0.759. The van der Waals surface area contributed by atoms with Crippen LogP contribution in [-0.2, 0) is 9.84 Å². The van der Waals surface area contributed by atoms with E-state index in [9.17, 15) is 13.2 Å². The first-order valence-electron chi connectivity index (χ1n) is 6.59. The third kappa shape index (κ3) is 4.21. The molecule has 1 aromatic rings. The van der Waals surface area contributed by atoms with Gasteiger partial charge in [-0.05, 0) is 12.1 Å². The van der Waals surface area contributed by atoms with E-state index in [1.54, 1.807) is 48.0 Å². The molecule has 1 saturated heterocycles. The van der Waals surface area contributed by atoms with Gasteiger partial charge in [0.25, 0.3) is 0 Å². The van der Waals surface area contributed by atoms with E-state index in [2.05, 4.69) is 0 Å². The van der Waals surface area contributed by atoms with Crippen molar-refractivity contribution in [2.45, 2.75) is 5.37 Å². The maximum absolute atomic E-state index is 12.4. The lowest BCUT2D eigenvalue weighted by Crippen LogP contribution is -2.48. The van der Waals surface area contributed by atoms with Crippen molar-refractivity contribution in [2.24, 2.45) is 0 Å². The molecule has 1 aliphatic rings. The molecule has 0 saturated carbocycles. The van der Waals surface area contributed by atoms with Gasteiger partial charge in [-0.2, -0.15) is 11.8 Å². The number of methoxy groups -OCH3 is 1. The van der Waals surface area contributed by atoms with E-state index in [4.69, 9.17) is 4.74 Å². The number of ketones is 1. The topological polar surface area (TPSA) is 63.7 Å². The first kappa shape index (κ1) is 16.3. The highest BCUT2D eigenvalue weighted by Crippen LogP contribution is 2.21. The molecule has 1 atom stereocenters. The van der Waals surface area contributed by atoms with Crippen molar-refractivity contribution in [3.63, 3.8) is 0 Å². The number of carbonyl (C=O) groups is 1. The van der Waals surface area contributed by atoms with Gasteiger partial charge in [-0.1, -0.05) is 12.1 Å². The average Bonchev–Trinajstić information content (AvgIpc) is 2.46. The molecule has 0 aliphatic carbocycles. The molecule has 0 spiro atoms. The van der Waals surface area contributed by atoms with Crippen LogP contribution in [0, 0.1) is 0 Å². The number of hydrogen-bond acceptors (Lipinski definition) is 6. The number of rotatable bonds is 5. The molecule has 1 fully saturated rings. The second-order valence-corrected chi connectivity index (χ2v) is 8.34. The Balaban J connectivity index is 2.13. The van der Waals surface area contributed by atoms with Crippen LogP contribution < -0.4 is 4.74 Å². The van der Waals surface area contributed by atoms with Gasteiger partial charge in [-0.15, -0.1) is 0 Å². The largest absolute Gasteiger partial charge is 0.497 e. The molecule has 1 aromatic carbocycles. The van der Waals surface area contributed by atoms with Gasteiger partial charge in [0.05, 0.1) is 13.7 Å². The van der Waals surface area contributed by atoms with Crippen LogP contribution in [0.5, 0.6) is 5.75 Å². The summed E-state index contributed by atoms with van der Waals surface area (Å²) in [6.07, 6.45) is 1.23. The van der Waals surface area contributed by atoms with Crippen LogP contribution >= 0.6 is 11.8 Å². The van der Waals surface area contributed by atoms with Gasteiger partial charge in [0.2, 0.25) is 0 Å². The standard InChI is InChI=1S/C14H19NO4S2/c1-19-12-5-3-4-11(8-12)13(16)9-15-6-7-20-10-14(15)21(2,17)18/h3-5,8,14H,6-7,9-10H2,1-2H3. The summed E-state index contributed by atoms with van der Waals surface area (Å²) >= 11 is 1.61. The minimum absolute atomic E-state index is 0.0885. The molecule has 1 heterocycles. The first-order chi connectivity index (χ1) is 9.91. The summed E-state index contributed by atoms with van der Waals surface area (Å²) in [5.74, 6) is 1.89. The molecule has 0 bridgehead atoms. The molecule has 7 heteroatoms. The molecule has 21 heavy (non-hydrogen) atoms. The molecule has 2 rings (SSSR count). The minimum Gasteiger partial charge on any atom is -0.497 e. The molecule has 0 N–H and O–H groups in total. The molecular weight excluding hydrogens is 310 g/mol. The summed E-state index contributed by atoms with van der Waals surface area (Å²) < 4.78 is 28.8. The number of thioether (sulfide) groups is 1. The van der Waals surface area contributed by atoms with E-state index in [1.165, 1.54) is 6.26 Å². The number of hydrogen-bond donors (Lipinski definition) is 0. The molecule has 116 valence electrons. The van der Waals surface area contributed by atoms with E-state index in [1.807, 2.05) is 0 Å². The van der Waals surface area contributed by atoms with Crippen LogP contribution in [0.2, 0.25) is 0 Å². The highest BCUT2D eigenvalue weighted by molar-refractivity contribution is 8.00. The zero-order chi connectivity index (χ0) is 15.5.